The Hall–Kier alpha value is -2.48. The van der Waals surface area contributed by atoms with Crippen molar-refractivity contribution < 1.29 is 13.2 Å². The van der Waals surface area contributed by atoms with Crippen molar-refractivity contribution in [1.29, 1.82) is 0 Å². The molecule has 1 aliphatic rings. The van der Waals surface area contributed by atoms with Gasteiger partial charge in [0.05, 0.1) is 4.90 Å². The normalized spacial score (nSPS) is 15.6. The summed E-state index contributed by atoms with van der Waals surface area (Å²) in [7, 11) is -3.47. The van der Waals surface area contributed by atoms with Crippen LogP contribution in [-0.2, 0) is 21.4 Å². The highest BCUT2D eigenvalue weighted by Crippen LogP contribution is 2.17. The molecule has 0 aliphatic carbocycles. The summed E-state index contributed by atoms with van der Waals surface area (Å²) in [5.74, 6) is -0.0138. The molecule has 6 nitrogen and oxygen atoms in total. The molecule has 1 saturated heterocycles. The van der Waals surface area contributed by atoms with Crippen LogP contribution in [0, 0.1) is 6.92 Å². The lowest BCUT2D eigenvalue weighted by molar-refractivity contribution is -0.127. The summed E-state index contributed by atoms with van der Waals surface area (Å²) in [5.41, 5.74) is 3.37. The van der Waals surface area contributed by atoms with E-state index in [1.54, 1.807) is 36.4 Å². The Labute approximate surface area is 192 Å². The highest BCUT2D eigenvalue weighted by Gasteiger charge is 2.21. The number of aryl methyl sites for hydroxylation is 1. The van der Waals surface area contributed by atoms with E-state index in [1.807, 2.05) is 18.7 Å². The van der Waals surface area contributed by atoms with E-state index in [9.17, 15) is 13.2 Å². The van der Waals surface area contributed by atoms with Crippen LogP contribution in [0.25, 0.3) is 6.08 Å². The summed E-state index contributed by atoms with van der Waals surface area (Å²) >= 11 is 0. The summed E-state index contributed by atoms with van der Waals surface area (Å²) < 4.78 is 26.6. The fraction of sp³-hybridized carbons (Fsp3) is 0.400. The molecule has 2 aromatic carbocycles. The predicted molar refractivity (Wildman–Crippen MR) is 129 cm³/mol. The number of hydrogen-bond donors (Lipinski definition) is 0. The quantitative estimate of drug-likeness (QED) is 0.573. The van der Waals surface area contributed by atoms with Crippen LogP contribution in [0.4, 0.5) is 0 Å². The summed E-state index contributed by atoms with van der Waals surface area (Å²) in [4.78, 5) is 17.1. The second kappa shape index (κ2) is 10.9. The average Bonchev–Trinajstić information content (AvgIpc) is 2.79. The molecular weight excluding hydrogens is 422 g/mol. The number of rotatable bonds is 8. The maximum Gasteiger partial charge on any atom is 0.246 e. The summed E-state index contributed by atoms with van der Waals surface area (Å²) in [6.45, 7) is 10.6. The number of carbonyl (C=O) groups is 1. The van der Waals surface area contributed by atoms with Gasteiger partial charge in [-0.15, -0.1) is 0 Å². The minimum atomic E-state index is -3.47. The number of carbonyl (C=O) groups excluding carboxylic acids is 1. The molecule has 0 aromatic heterocycles. The minimum Gasteiger partial charge on any atom is -0.337 e. The summed E-state index contributed by atoms with van der Waals surface area (Å²) in [6, 6.07) is 15.2. The first-order chi connectivity index (χ1) is 15.3. The van der Waals surface area contributed by atoms with Gasteiger partial charge in [0.1, 0.15) is 0 Å². The fourth-order valence-corrected chi connectivity index (χ4v) is 5.39. The second-order valence-corrected chi connectivity index (χ2v) is 10.0. The molecule has 0 radical (unpaired) electrons. The largest absolute Gasteiger partial charge is 0.337 e. The number of sulfonamides is 1. The van der Waals surface area contributed by atoms with Crippen molar-refractivity contribution >= 4 is 22.0 Å². The topological polar surface area (TPSA) is 60.9 Å². The van der Waals surface area contributed by atoms with Gasteiger partial charge in [0.15, 0.2) is 0 Å². The third-order valence-electron chi connectivity index (χ3n) is 5.81. The Bertz CT molecular complexity index is 1040. The van der Waals surface area contributed by atoms with E-state index in [0.29, 0.717) is 26.2 Å². The predicted octanol–water partition coefficient (Wildman–Crippen LogP) is 3.38. The van der Waals surface area contributed by atoms with Crippen LogP contribution < -0.4 is 0 Å². The zero-order valence-electron chi connectivity index (χ0n) is 19.2. The van der Waals surface area contributed by atoms with E-state index in [1.165, 1.54) is 15.4 Å². The van der Waals surface area contributed by atoms with E-state index >= 15 is 0 Å². The lowest BCUT2D eigenvalue weighted by Crippen LogP contribution is -2.47. The van der Waals surface area contributed by atoms with E-state index in [2.05, 4.69) is 36.1 Å². The van der Waals surface area contributed by atoms with Crippen molar-refractivity contribution in [1.82, 2.24) is 14.1 Å². The number of hydrogen-bond acceptors (Lipinski definition) is 4. The molecule has 32 heavy (non-hydrogen) atoms. The van der Waals surface area contributed by atoms with Crippen molar-refractivity contribution in [2.24, 2.45) is 0 Å². The van der Waals surface area contributed by atoms with Crippen LogP contribution in [0.2, 0.25) is 0 Å². The standard InChI is InChI=1S/C25H33N3O3S/c1-4-28(5-2)32(30,31)24-12-9-22(10-13-24)11-14-25(29)27-17-15-26(16-18-27)20-23-8-6-7-21(3)19-23/h6-14,19H,4-5,15-18,20H2,1-3H3. The highest BCUT2D eigenvalue weighted by atomic mass is 32.2. The van der Waals surface area contributed by atoms with E-state index in [-0.39, 0.29) is 10.8 Å². The lowest BCUT2D eigenvalue weighted by Gasteiger charge is -2.34. The molecule has 1 fully saturated rings. The van der Waals surface area contributed by atoms with Crippen LogP contribution in [-0.4, -0.2) is 67.7 Å². The maximum absolute atomic E-state index is 12.6. The number of benzene rings is 2. The van der Waals surface area contributed by atoms with Gasteiger partial charge in [-0.1, -0.05) is 55.8 Å². The lowest BCUT2D eigenvalue weighted by atomic mass is 10.1. The van der Waals surface area contributed by atoms with Gasteiger partial charge in [0.25, 0.3) is 0 Å². The Morgan fingerprint density at radius 2 is 1.66 bits per heavy atom. The van der Waals surface area contributed by atoms with Gasteiger partial charge in [-0.05, 0) is 36.3 Å². The van der Waals surface area contributed by atoms with Gasteiger partial charge in [-0.25, -0.2) is 8.42 Å². The molecule has 2 aromatic rings. The number of nitrogens with zero attached hydrogens (tertiary/aromatic N) is 3. The van der Waals surface area contributed by atoms with Crippen molar-refractivity contribution in [3.05, 3.63) is 71.3 Å². The molecule has 0 saturated carbocycles. The SMILES string of the molecule is CCN(CC)S(=O)(=O)c1ccc(C=CC(=O)N2CCN(Cc3cccc(C)c3)CC2)cc1. The van der Waals surface area contributed by atoms with Crippen molar-refractivity contribution in [3.63, 3.8) is 0 Å². The first-order valence-corrected chi connectivity index (χ1v) is 12.6. The Kier molecular flexibility index (Phi) is 8.23. The molecule has 0 atom stereocenters. The molecule has 0 unspecified atom stereocenters. The molecule has 7 heteroatoms. The zero-order valence-corrected chi connectivity index (χ0v) is 20.0. The summed E-state index contributed by atoms with van der Waals surface area (Å²) in [6.07, 6.45) is 3.32. The Morgan fingerprint density at radius 1 is 1.00 bits per heavy atom. The van der Waals surface area contributed by atoms with Crippen LogP contribution in [0.15, 0.2) is 59.5 Å². The first kappa shape index (κ1) is 24.2. The third kappa shape index (κ3) is 6.06. The molecule has 1 amide bonds. The molecule has 0 bridgehead atoms. The summed E-state index contributed by atoms with van der Waals surface area (Å²) in [5, 5.41) is 0. The van der Waals surface area contributed by atoms with Gasteiger partial charge in [-0.3, -0.25) is 9.69 Å². The number of amides is 1. The maximum atomic E-state index is 12.6. The Balaban J connectivity index is 1.53. The van der Waals surface area contributed by atoms with E-state index in [4.69, 9.17) is 0 Å². The average molecular weight is 456 g/mol. The van der Waals surface area contributed by atoms with Crippen LogP contribution in [0.3, 0.4) is 0 Å². The van der Waals surface area contributed by atoms with Gasteiger partial charge < -0.3 is 4.90 Å². The first-order valence-electron chi connectivity index (χ1n) is 11.2. The second-order valence-electron chi connectivity index (χ2n) is 8.08. The number of piperazine rings is 1. The fourth-order valence-electron chi connectivity index (χ4n) is 3.93. The van der Waals surface area contributed by atoms with Crippen molar-refractivity contribution in [2.45, 2.75) is 32.2 Å². The van der Waals surface area contributed by atoms with Gasteiger partial charge in [0.2, 0.25) is 15.9 Å². The Morgan fingerprint density at radius 3 is 2.25 bits per heavy atom. The van der Waals surface area contributed by atoms with E-state index < -0.39 is 10.0 Å². The molecular formula is C25H33N3O3S. The van der Waals surface area contributed by atoms with Crippen LogP contribution >= 0.6 is 0 Å². The van der Waals surface area contributed by atoms with Gasteiger partial charge in [-0.2, -0.15) is 4.31 Å². The van der Waals surface area contributed by atoms with Crippen LogP contribution in [0.5, 0.6) is 0 Å². The molecule has 0 spiro atoms. The molecule has 172 valence electrons. The minimum absolute atomic E-state index is 0.0138. The van der Waals surface area contributed by atoms with Crippen molar-refractivity contribution in [2.75, 3.05) is 39.3 Å². The molecule has 1 heterocycles. The monoisotopic (exact) mass is 455 g/mol. The smallest absolute Gasteiger partial charge is 0.246 e. The highest BCUT2D eigenvalue weighted by molar-refractivity contribution is 7.89. The molecule has 1 aliphatic heterocycles. The van der Waals surface area contributed by atoms with E-state index in [0.717, 1.165) is 25.2 Å². The van der Waals surface area contributed by atoms with Crippen molar-refractivity contribution in [3.8, 4) is 0 Å². The third-order valence-corrected chi connectivity index (χ3v) is 7.88. The van der Waals surface area contributed by atoms with Gasteiger partial charge >= 0.3 is 0 Å². The molecule has 0 N–H and O–H groups in total. The molecule has 3 rings (SSSR count). The zero-order chi connectivity index (χ0) is 23.1. The van der Waals surface area contributed by atoms with Crippen LogP contribution in [0.1, 0.15) is 30.5 Å². The van der Waals surface area contributed by atoms with Gasteiger partial charge in [0, 0.05) is 51.9 Å².